The second-order valence-corrected chi connectivity index (χ2v) is 5.80. The summed E-state index contributed by atoms with van der Waals surface area (Å²) in [5, 5.41) is 19.1. The lowest BCUT2D eigenvalue weighted by molar-refractivity contribution is -0.00959. The highest BCUT2D eigenvalue weighted by molar-refractivity contribution is 5.27. The number of aliphatic hydroxyl groups excluding tert-OH is 2. The fourth-order valence-electron chi connectivity index (χ4n) is 2.94. The fourth-order valence-corrected chi connectivity index (χ4v) is 2.94. The molecule has 1 atom stereocenters. The Morgan fingerprint density at radius 1 is 1.29 bits per heavy atom. The van der Waals surface area contributed by atoms with Crippen LogP contribution in [0, 0.1) is 6.92 Å². The van der Waals surface area contributed by atoms with Gasteiger partial charge in [0.1, 0.15) is 0 Å². The Hall–Kier alpha value is -0.940. The summed E-state index contributed by atoms with van der Waals surface area (Å²) < 4.78 is 5.57. The van der Waals surface area contributed by atoms with E-state index in [0.29, 0.717) is 6.61 Å². The first kappa shape index (κ1) is 16.4. The molecule has 118 valence electrons. The third-order valence-corrected chi connectivity index (χ3v) is 4.25. The maximum absolute atomic E-state index is 10.3. The van der Waals surface area contributed by atoms with Crippen molar-refractivity contribution in [3.8, 4) is 0 Å². The highest BCUT2D eigenvalue weighted by Gasteiger charge is 2.20. The molecular weight excluding hydrogens is 266 g/mol. The standard InChI is InChI=1S/C17H27NO3/c1-14-4-2-3-5-16(14)17(20)8-11-18-9-6-15(7-10-18)21-13-12-19/h2-5,15,17,19-20H,6-13H2,1H3. The van der Waals surface area contributed by atoms with Crippen molar-refractivity contribution >= 4 is 0 Å². The number of benzene rings is 1. The summed E-state index contributed by atoms with van der Waals surface area (Å²) in [6.07, 6.45) is 2.71. The first-order chi connectivity index (χ1) is 10.2. The molecule has 1 aliphatic rings. The molecule has 0 radical (unpaired) electrons. The van der Waals surface area contributed by atoms with Crippen molar-refractivity contribution < 1.29 is 14.9 Å². The first-order valence-corrected chi connectivity index (χ1v) is 7.89. The SMILES string of the molecule is Cc1ccccc1C(O)CCN1CCC(OCCO)CC1. The van der Waals surface area contributed by atoms with Gasteiger partial charge in [-0.2, -0.15) is 0 Å². The highest BCUT2D eigenvalue weighted by Crippen LogP contribution is 2.22. The van der Waals surface area contributed by atoms with E-state index in [1.54, 1.807) is 0 Å². The van der Waals surface area contributed by atoms with Gasteiger partial charge in [-0.1, -0.05) is 24.3 Å². The van der Waals surface area contributed by atoms with E-state index in [9.17, 15) is 5.11 Å². The summed E-state index contributed by atoms with van der Waals surface area (Å²) in [4.78, 5) is 2.39. The average molecular weight is 293 g/mol. The number of hydrogen-bond acceptors (Lipinski definition) is 4. The summed E-state index contributed by atoms with van der Waals surface area (Å²) in [5.74, 6) is 0. The predicted molar refractivity (Wildman–Crippen MR) is 83.3 cm³/mol. The van der Waals surface area contributed by atoms with Gasteiger partial charge >= 0.3 is 0 Å². The highest BCUT2D eigenvalue weighted by atomic mass is 16.5. The van der Waals surface area contributed by atoms with Gasteiger partial charge in [0.2, 0.25) is 0 Å². The molecule has 1 aromatic carbocycles. The van der Waals surface area contributed by atoms with Crippen LogP contribution in [0.2, 0.25) is 0 Å². The van der Waals surface area contributed by atoms with E-state index >= 15 is 0 Å². The van der Waals surface area contributed by atoms with E-state index < -0.39 is 0 Å². The van der Waals surface area contributed by atoms with E-state index in [1.165, 1.54) is 0 Å². The summed E-state index contributed by atoms with van der Waals surface area (Å²) in [7, 11) is 0. The maximum atomic E-state index is 10.3. The molecule has 2 rings (SSSR count). The van der Waals surface area contributed by atoms with Crippen LogP contribution in [-0.2, 0) is 4.74 Å². The molecule has 4 nitrogen and oxygen atoms in total. The summed E-state index contributed by atoms with van der Waals surface area (Å²) >= 11 is 0. The van der Waals surface area contributed by atoms with E-state index in [0.717, 1.165) is 50.0 Å². The van der Waals surface area contributed by atoms with Gasteiger partial charge in [-0.05, 0) is 37.3 Å². The number of nitrogens with zero attached hydrogens (tertiary/aromatic N) is 1. The van der Waals surface area contributed by atoms with Crippen LogP contribution >= 0.6 is 0 Å². The Labute approximate surface area is 127 Å². The molecule has 2 N–H and O–H groups in total. The molecule has 4 heteroatoms. The van der Waals surface area contributed by atoms with Crippen LogP contribution in [-0.4, -0.2) is 54.1 Å². The van der Waals surface area contributed by atoms with Crippen LogP contribution < -0.4 is 0 Å². The molecule has 1 fully saturated rings. The van der Waals surface area contributed by atoms with Gasteiger partial charge in [0.25, 0.3) is 0 Å². The summed E-state index contributed by atoms with van der Waals surface area (Å²) in [6, 6.07) is 8.04. The number of piperidine rings is 1. The van der Waals surface area contributed by atoms with Crippen molar-refractivity contribution in [3.05, 3.63) is 35.4 Å². The first-order valence-electron chi connectivity index (χ1n) is 7.89. The largest absolute Gasteiger partial charge is 0.394 e. The molecule has 0 amide bonds. The normalized spacial score (nSPS) is 18.8. The Bertz CT molecular complexity index is 416. The minimum absolute atomic E-state index is 0.100. The summed E-state index contributed by atoms with van der Waals surface area (Å²) in [6.45, 7) is 5.53. The molecule has 0 saturated carbocycles. The lowest BCUT2D eigenvalue weighted by atomic mass is 10.0. The Morgan fingerprint density at radius 2 is 2.00 bits per heavy atom. The van der Waals surface area contributed by atoms with Gasteiger partial charge in [0.05, 0.1) is 25.4 Å². The lowest BCUT2D eigenvalue weighted by Gasteiger charge is -2.32. The van der Waals surface area contributed by atoms with Crippen molar-refractivity contribution in [2.75, 3.05) is 32.8 Å². The van der Waals surface area contributed by atoms with Gasteiger partial charge in [-0.25, -0.2) is 0 Å². The minimum atomic E-state index is -0.380. The average Bonchev–Trinajstić information content (AvgIpc) is 2.52. The van der Waals surface area contributed by atoms with Crippen molar-refractivity contribution in [2.45, 2.75) is 38.4 Å². The molecule has 1 heterocycles. The Kier molecular flexibility index (Phi) is 6.64. The predicted octanol–water partition coefficient (Wildman–Crippen LogP) is 1.89. The third kappa shape index (κ3) is 5.08. The van der Waals surface area contributed by atoms with Gasteiger partial charge in [-0.3, -0.25) is 0 Å². The van der Waals surface area contributed by atoms with Gasteiger partial charge in [-0.15, -0.1) is 0 Å². The molecule has 0 bridgehead atoms. The molecule has 1 saturated heterocycles. The number of likely N-dealkylation sites (tertiary alicyclic amines) is 1. The Balaban J connectivity index is 1.71. The van der Waals surface area contributed by atoms with Crippen LogP contribution in [0.1, 0.15) is 36.5 Å². The quantitative estimate of drug-likeness (QED) is 0.806. The van der Waals surface area contributed by atoms with Crippen molar-refractivity contribution in [1.29, 1.82) is 0 Å². The number of hydrogen-bond donors (Lipinski definition) is 2. The molecule has 1 aliphatic heterocycles. The van der Waals surface area contributed by atoms with Crippen LogP contribution in [0.3, 0.4) is 0 Å². The molecule has 0 spiro atoms. The molecule has 1 unspecified atom stereocenters. The molecule has 0 aliphatic carbocycles. The number of aryl methyl sites for hydroxylation is 1. The van der Waals surface area contributed by atoms with Gasteiger partial charge in [0.15, 0.2) is 0 Å². The minimum Gasteiger partial charge on any atom is -0.394 e. The number of ether oxygens (including phenoxy) is 1. The van der Waals surface area contributed by atoms with Crippen LogP contribution in [0.15, 0.2) is 24.3 Å². The van der Waals surface area contributed by atoms with E-state index in [2.05, 4.69) is 4.90 Å². The molecule has 0 aromatic heterocycles. The maximum Gasteiger partial charge on any atom is 0.0804 e. The van der Waals surface area contributed by atoms with Crippen LogP contribution in [0.25, 0.3) is 0 Å². The number of rotatable bonds is 7. The fraction of sp³-hybridized carbons (Fsp3) is 0.647. The number of aliphatic hydroxyl groups is 2. The monoisotopic (exact) mass is 293 g/mol. The Morgan fingerprint density at radius 3 is 2.67 bits per heavy atom. The zero-order valence-corrected chi connectivity index (χ0v) is 12.9. The summed E-state index contributed by atoms with van der Waals surface area (Å²) in [5.41, 5.74) is 2.19. The zero-order valence-electron chi connectivity index (χ0n) is 12.9. The van der Waals surface area contributed by atoms with Gasteiger partial charge < -0.3 is 19.8 Å². The van der Waals surface area contributed by atoms with Crippen molar-refractivity contribution in [1.82, 2.24) is 4.90 Å². The van der Waals surface area contributed by atoms with E-state index in [1.807, 2.05) is 31.2 Å². The smallest absolute Gasteiger partial charge is 0.0804 e. The van der Waals surface area contributed by atoms with Crippen LogP contribution in [0.5, 0.6) is 0 Å². The molecule has 1 aromatic rings. The zero-order chi connectivity index (χ0) is 15.1. The van der Waals surface area contributed by atoms with Gasteiger partial charge in [0, 0.05) is 19.6 Å². The second kappa shape index (κ2) is 8.49. The third-order valence-electron chi connectivity index (χ3n) is 4.25. The molecular formula is C17H27NO3. The lowest BCUT2D eigenvalue weighted by Crippen LogP contribution is -2.38. The van der Waals surface area contributed by atoms with E-state index in [-0.39, 0.29) is 18.8 Å². The second-order valence-electron chi connectivity index (χ2n) is 5.80. The van der Waals surface area contributed by atoms with Crippen molar-refractivity contribution in [2.24, 2.45) is 0 Å². The molecule has 21 heavy (non-hydrogen) atoms. The topological polar surface area (TPSA) is 52.9 Å². The van der Waals surface area contributed by atoms with E-state index in [4.69, 9.17) is 9.84 Å². The van der Waals surface area contributed by atoms with Crippen LogP contribution in [0.4, 0.5) is 0 Å². The van der Waals surface area contributed by atoms with Crippen molar-refractivity contribution in [3.63, 3.8) is 0 Å².